The van der Waals surface area contributed by atoms with Gasteiger partial charge in [-0.3, -0.25) is 4.79 Å². The van der Waals surface area contributed by atoms with Crippen LogP contribution in [0.3, 0.4) is 0 Å². The lowest BCUT2D eigenvalue weighted by atomic mass is 9.87. The van der Waals surface area contributed by atoms with Gasteiger partial charge in [-0.15, -0.1) is 0 Å². The highest BCUT2D eigenvalue weighted by atomic mass is 16.5. The van der Waals surface area contributed by atoms with E-state index in [1.807, 2.05) is 19.9 Å². The van der Waals surface area contributed by atoms with Gasteiger partial charge in [-0.05, 0) is 29.0 Å². The van der Waals surface area contributed by atoms with Gasteiger partial charge in [0.1, 0.15) is 5.75 Å². The van der Waals surface area contributed by atoms with E-state index < -0.39 is 5.91 Å². The van der Waals surface area contributed by atoms with Crippen molar-refractivity contribution in [1.82, 2.24) is 5.16 Å². The number of aromatic hydroxyl groups is 1. The van der Waals surface area contributed by atoms with Crippen LogP contribution in [0.4, 0.5) is 5.69 Å². The molecular weight excluding hydrogens is 280 g/mol. The number of carbonyl (C=O) groups excluding carboxylic acids is 1. The van der Waals surface area contributed by atoms with Gasteiger partial charge >= 0.3 is 0 Å². The van der Waals surface area contributed by atoms with Crippen LogP contribution in [0.5, 0.6) is 5.75 Å². The van der Waals surface area contributed by atoms with Crippen LogP contribution in [0.1, 0.15) is 62.3 Å². The van der Waals surface area contributed by atoms with Crippen LogP contribution in [-0.2, 0) is 5.41 Å². The lowest BCUT2D eigenvalue weighted by molar-refractivity contribution is 0.0987. The molecule has 22 heavy (non-hydrogen) atoms. The molecule has 118 valence electrons. The lowest BCUT2D eigenvalue weighted by Gasteiger charge is -2.20. The fourth-order valence-corrected chi connectivity index (χ4v) is 1.95. The van der Waals surface area contributed by atoms with Crippen LogP contribution in [0.2, 0.25) is 0 Å². The highest BCUT2D eigenvalue weighted by molar-refractivity contribution is 6.03. The fraction of sp³-hybridized carbons (Fsp3) is 0.412. The maximum atomic E-state index is 12.2. The van der Waals surface area contributed by atoms with Crippen molar-refractivity contribution in [2.75, 3.05) is 5.32 Å². The fourth-order valence-electron chi connectivity index (χ4n) is 1.95. The Balaban J connectivity index is 2.24. The molecular formula is C17H22N2O3. The van der Waals surface area contributed by atoms with Gasteiger partial charge in [0.15, 0.2) is 0 Å². The molecule has 2 aromatic rings. The number of phenolic OH excluding ortho intramolecular Hbond substituents is 1. The summed E-state index contributed by atoms with van der Waals surface area (Å²) in [6.07, 6.45) is 0. The zero-order valence-corrected chi connectivity index (χ0v) is 13.6. The quantitative estimate of drug-likeness (QED) is 0.839. The molecule has 0 radical (unpaired) electrons. The number of phenols is 1. The minimum atomic E-state index is -0.430. The second-order valence-corrected chi connectivity index (χ2v) is 6.71. The van der Waals surface area contributed by atoms with E-state index in [2.05, 4.69) is 31.2 Å². The molecule has 5 nitrogen and oxygen atoms in total. The Morgan fingerprint density at radius 3 is 2.50 bits per heavy atom. The summed E-state index contributed by atoms with van der Waals surface area (Å²) < 4.78 is 5.05. The number of amides is 1. The molecule has 0 saturated carbocycles. The maximum Gasteiger partial charge on any atom is 0.294 e. The molecule has 0 aliphatic rings. The Kier molecular flexibility index (Phi) is 4.26. The third-order valence-electron chi connectivity index (χ3n) is 3.45. The Morgan fingerprint density at radius 1 is 1.27 bits per heavy atom. The van der Waals surface area contributed by atoms with Gasteiger partial charge in [-0.25, -0.2) is 0 Å². The van der Waals surface area contributed by atoms with Crippen molar-refractivity contribution in [2.24, 2.45) is 0 Å². The SMILES string of the molecule is CC(C)c1cc(C(=O)Nc2cc(C(C)(C)C)ccc2O)on1. The summed E-state index contributed by atoms with van der Waals surface area (Å²) in [4.78, 5) is 12.2. The van der Waals surface area contributed by atoms with Gasteiger partial charge in [0.25, 0.3) is 5.91 Å². The lowest BCUT2D eigenvalue weighted by Crippen LogP contribution is -2.14. The van der Waals surface area contributed by atoms with Crippen LogP contribution < -0.4 is 5.32 Å². The Morgan fingerprint density at radius 2 is 1.95 bits per heavy atom. The first-order valence-corrected chi connectivity index (χ1v) is 7.30. The number of benzene rings is 1. The third-order valence-corrected chi connectivity index (χ3v) is 3.45. The molecule has 2 N–H and O–H groups in total. The summed E-state index contributed by atoms with van der Waals surface area (Å²) in [5.74, 6) is -0.0992. The zero-order chi connectivity index (χ0) is 16.5. The molecule has 0 spiro atoms. The number of nitrogens with zero attached hydrogens (tertiary/aromatic N) is 1. The summed E-state index contributed by atoms with van der Waals surface area (Å²) in [5, 5.41) is 16.5. The highest BCUT2D eigenvalue weighted by Crippen LogP contribution is 2.31. The summed E-state index contributed by atoms with van der Waals surface area (Å²) in [5.41, 5.74) is 2.02. The summed E-state index contributed by atoms with van der Waals surface area (Å²) in [7, 11) is 0. The van der Waals surface area contributed by atoms with Gasteiger partial charge in [0, 0.05) is 6.07 Å². The second kappa shape index (κ2) is 5.83. The van der Waals surface area contributed by atoms with Crippen LogP contribution in [0.15, 0.2) is 28.8 Å². The molecule has 5 heteroatoms. The van der Waals surface area contributed by atoms with Crippen molar-refractivity contribution in [3.63, 3.8) is 0 Å². The number of carbonyl (C=O) groups is 1. The molecule has 0 aliphatic carbocycles. The van der Waals surface area contributed by atoms with E-state index in [1.165, 1.54) is 0 Å². The third kappa shape index (κ3) is 3.47. The van der Waals surface area contributed by atoms with Gasteiger partial charge in [-0.2, -0.15) is 0 Å². The van der Waals surface area contributed by atoms with E-state index >= 15 is 0 Å². The predicted octanol–water partition coefficient (Wildman–Crippen LogP) is 4.05. The van der Waals surface area contributed by atoms with E-state index in [0.717, 1.165) is 11.3 Å². The van der Waals surface area contributed by atoms with E-state index in [1.54, 1.807) is 18.2 Å². The van der Waals surface area contributed by atoms with Crippen molar-refractivity contribution in [3.05, 3.63) is 41.3 Å². The van der Waals surface area contributed by atoms with Crippen molar-refractivity contribution >= 4 is 11.6 Å². The van der Waals surface area contributed by atoms with E-state index in [-0.39, 0.29) is 22.8 Å². The number of nitrogens with one attached hydrogen (secondary N) is 1. The number of anilines is 1. The molecule has 2 rings (SSSR count). The van der Waals surface area contributed by atoms with Gasteiger partial charge in [-0.1, -0.05) is 45.8 Å². The summed E-state index contributed by atoms with van der Waals surface area (Å²) in [6.45, 7) is 10.1. The van der Waals surface area contributed by atoms with E-state index in [4.69, 9.17) is 4.52 Å². The molecule has 1 aromatic carbocycles. The van der Waals surface area contributed by atoms with Crippen LogP contribution in [0.25, 0.3) is 0 Å². The minimum absolute atomic E-state index is 0.0185. The minimum Gasteiger partial charge on any atom is -0.506 e. The normalized spacial score (nSPS) is 11.7. The molecule has 0 fully saturated rings. The molecule has 0 bridgehead atoms. The first-order valence-electron chi connectivity index (χ1n) is 7.30. The zero-order valence-electron chi connectivity index (χ0n) is 13.6. The molecule has 0 unspecified atom stereocenters. The Labute approximate surface area is 130 Å². The first-order chi connectivity index (χ1) is 10.2. The van der Waals surface area contributed by atoms with Crippen molar-refractivity contribution in [2.45, 2.75) is 46.0 Å². The number of rotatable bonds is 3. The first kappa shape index (κ1) is 16.1. The largest absolute Gasteiger partial charge is 0.506 e. The average Bonchev–Trinajstić information content (AvgIpc) is 2.89. The molecule has 1 amide bonds. The average molecular weight is 302 g/mol. The maximum absolute atomic E-state index is 12.2. The summed E-state index contributed by atoms with van der Waals surface area (Å²) in [6, 6.07) is 6.81. The molecule has 0 saturated heterocycles. The van der Waals surface area contributed by atoms with Crippen LogP contribution in [-0.4, -0.2) is 16.2 Å². The summed E-state index contributed by atoms with van der Waals surface area (Å²) >= 11 is 0. The van der Waals surface area contributed by atoms with Gasteiger partial charge in [0.2, 0.25) is 5.76 Å². The van der Waals surface area contributed by atoms with Crippen LogP contribution >= 0.6 is 0 Å². The molecule has 0 atom stereocenters. The Hall–Kier alpha value is -2.30. The van der Waals surface area contributed by atoms with Gasteiger partial charge in [0.05, 0.1) is 11.4 Å². The smallest absolute Gasteiger partial charge is 0.294 e. The standard InChI is InChI=1S/C17H22N2O3/c1-10(2)12-9-15(22-19-12)16(21)18-13-8-11(17(3,4)5)6-7-14(13)20/h6-10,20H,1-5H3,(H,18,21). The number of hydrogen-bond acceptors (Lipinski definition) is 4. The monoisotopic (exact) mass is 302 g/mol. The van der Waals surface area contributed by atoms with Crippen LogP contribution in [0, 0.1) is 0 Å². The second-order valence-electron chi connectivity index (χ2n) is 6.71. The Bertz CT molecular complexity index is 681. The number of hydrogen-bond donors (Lipinski definition) is 2. The van der Waals surface area contributed by atoms with E-state index in [9.17, 15) is 9.90 Å². The number of aromatic nitrogens is 1. The highest BCUT2D eigenvalue weighted by Gasteiger charge is 2.19. The van der Waals surface area contributed by atoms with Crippen molar-refractivity contribution in [3.8, 4) is 5.75 Å². The topological polar surface area (TPSA) is 75.4 Å². The van der Waals surface area contributed by atoms with Crippen molar-refractivity contribution < 1.29 is 14.4 Å². The predicted molar refractivity (Wildman–Crippen MR) is 85.4 cm³/mol. The molecule has 0 aliphatic heterocycles. The van der Waals surface area contributed by atoms with E-state index in [0.29, 0.717) is 5.69 Å². The van der Waals surface area contributed by atoms with Gasteiger partial charge < -0.3 is 14.9 Å². The van der Waals surface area contributed by atoms with Crippen molar-refractivity contribution in [1.29, 1.82) is 0 Å². The molecule has 1 aromatic heterocycles. The molecule has 1 heterocycles.